The van der Waals surface area contributed by atoms with Crippen molar-refractivity contribution in [1.82, 2.24) is 14.9 Å². The van der Waals surface area contributed by atoms with E-state index in [9.17, 15) is 9.59 Å². The molecule has 4 rings (SSSR count). The molecule has 2 aliphatic heterocycles. The van der Waals surface area contributed by atoms with Crippen molar-refractivity contribution in [3.05, 3.63) is 35.7 Å². The van der Waals surface area contributed by atoms with Crippen LogP contribution in [0.3, 0.4) is 0 Å². The topological polar surface area (TPSA) is 97.3 Å². The number of fused-ring (bicyclic) bond motifs is 1. The van der Waals surface area contributed by atoms with Gasteiger partial charge in [-0.1, -0.05) is 0 Å². The second-order valence-electron chi connectivity index (χ2n) is 9.29. The zero-order chi connectivity index (χ0) is 24.5. The van der Waals surface area contributed by atoms with Gasteiger partial charge in [0, 0.05) is 43.4 Å². The Morgan fingerprint density at radius 3 is 2.38 bits per heavy atom. The monoisotopic (exact) mass is 469 g/mol. The molecular formula is C24H31N5O5. The number of carbonyl (C=O) groups is 2. The van der Waals surface area contributed by atoms with Crippen molar-refractivity contribution in [2.75, 3.05) is 50.2 Å². The predicted octanol–water partition coefficient (Wildman–Crippen LogP) is 2.64. The minimum absolute atomic E-state index is 0.0398. The van der Waals surface area contributed by atoms with Crippen LogP contribution in [0.25, 0.3) is 0 Å². The Kier molecular flexibility index (Phi) is 6.49. The number of ether oxygens (including phenoxy) is 3. The number of aromatic nitrogens is 2. The third-order valence-corrected chi connectivity index (χ3v) is 5.84. The van der Waals surface area contributed by atoms with Crippen molar-refractivity contribution in [3.8, 4) is 11.5 Å². The van der Waals surface area contributed by atoms with E-state index in [1.165, 1.54) is 6.33 Å². The third-order valence-electron chi connectivity index (χ3n) is 5.84. The van der Waals surface area contributed by atoms with Gasteiger partial charge in [-0.3, -0.25) is 9.69 Å². The molecule has 182 valence electrons. The van der Waals surface area contributed by atoms with Crippen molar-refractivity contribution in [1.29, 1.82) is 0 Å². The Hall–Kier alpha value is -3.56. The maximum atomic E-state index is 13.0. The fraction of sp³-hybridized carbons (Fsp3) is 0.500. The summed E-state index contributed by atoms with van der Waals surface area (Å²) < 4.78 is 16.3. The number of carbonyl (C=O) groups excluding carboxylic acids is 2. The summed E-state index contributed by atoms with van der Waals surface area (Å²) in [5, 5.41) is 0. The molecule has 1 aromatic carbocycles. The lowest BCUT2D eigenvalue weighted by Gasteiger charge is -2.36. The first-order chi connectivity index (χ1) is 16.2. The number of nitrogens with zero attached hydrogens (tertiary/aromatic N) is 5. The van der Waals surface area contributed by atoms with Crippen molar-refractivity contribution in [2.24, 2.45) is 0 Å². The van der Waals surface area contributed by atoms with E-state index in [-0.39, 0.29) is 18.4 Å². The van der Waals surface area contributed by atoms with Gasteiger partial charge >= 0.3 is 6.09 Å². The summed E-state index contributed by atoms with van der Waals surface area (Å²) in [5.74, 6) is 2.65. The average molecular weight is 470 g/mol. The maximum absolute atomic E-state index is 13.0. The van der Waals surface area contributed by atoms with Gasteiger partial charge in [-0.2, -0.15) is 0 Å². The molecule has 34 heavy (non-hydrogen) atoms. The second kappa shape index (κ2) is 9.36. The van der Waals surface area contributed by atoms with Gasteiger partial charge in [-0.15, -0.1) is 0 Å². The molecule has 0 unspecified atom stereocenters. The molecule has 0 saturated carbocycles. The van der Waals surface area contributed by atoms with Crippen LogP contribution < -0.4 is 19.3 Å². The van der Waals surface area contributed by atoms with Crippen LogP contribution in [0.5, 0.6) is 11.5 Å². The molecule has 0 bridgehead atoms. The molecule has 0 spiro atoms. The molecule has 2 aliphatic rings. The molecule has 10 heteroatoms. The first-order valence-corrected chi connectivity index (χ1v) is 11.3. The Morgan fingerprint density at radius 1 is 1.03 bits per heavy atom. The Balaban J connectivity index is 1.50. The number of hydrogen-bond acceptors (Lipinski definition) is 8. The molecule has 10 nitrogen and oxygen atoms in total. The van der Waals surface area contributed by atoms with E-state index >= 15 is 0 Å². The van der Waals surface area contributed by atoms with Gasteiger partial charge in [-0.25, -0.2) is 14.8 Å². The summed E-state index contributed by atoms with van der Waals surface area (Å²) in [7, 11) is 3.19. The molecular weight excluding hydrogens is 438 g/mol. The summed E-state index contributed by atoms with van der Waals surface area (Å²) in [6, 6.07) is 5.53. The molecule has 0 radical (unpaired) electrons. The molecule has 0 aliphatic carbocycles. The normalized spacial score (nSPS) is 15.9. The highest BCUT2D eigenvalue weighted by atomic mass is 16.6. The van der Waals surface area contributed by atoms with E-state index < -0.39 is 5.60 Å². The molecule has 0 N–H and O–H groups in total. The smallest absolute Gasteiger partial charge is 0.410 e. The lowest BCUT2D eigenvalue weighted by molar-refractivity contribution is -0.117. The average Bonchev–Trinajstić information content (AvgIpc) is 3.13. The summed E-state index contributed by atoms with van der Waals surface area (Å²) in [4.78, 5) is 39.8. The van der Waals surface area contributed by atoms with Gasteiger partial charge in [0.2, 0.25) is 5.91 Å². The van der Waals surface area contributed by atoms with E-state index in [0.717, 1.165) is 16.9 Å². The number of rotatable bonds is 5. The largest absolute Gasteiger partial charge is 0.497 e. The van der Waals surface area contributed by atoms with Gasteiger partial charge < -0.3 is 24.0 Å². The van der Waals surface area contributed by atoms with Gasteiger partial charge in [-0.05, 0) is 32.9 Å². The lowest BCUT2D eigenvalue weighted by atomic mass is 10.1. The van der Waals surface area contributed by atoms with E-state index in [0.29, 0.717) is 50.0 Å². The molecule has 2 amide bonds. The zero-order valence-electron chi connectivity index (χ0n) is 20.3. The number of benzene rings is 1. The number of amides is 2. The van der Waals surface area contributed by atoms with Crippen LogP contribution in [0.4, 0.5) is 16.4 Å². The van der Waals surface area contributed by atoms with Crippen molar-refractivity contribution in [2.45, 2.75) is 39.3 Å². The van der Waals surface area contributed by atoms with Gasteiger partial charge in [0.05, 0.1) is 27.2 Å². The predicted molar refractivity (Wildman–Crippen MR) is 126 cm³/mol. The van der Waals surface area contributed by atoms with Crippen LogP contribution in [0.1, 0.15) is 31.9 Å². The number of anilines is 2. The Bertz CT molecular complexity index is 1080. The molecule has 0 atom stereocenters. The van der Waals surface area contributed by atoms with Crippen LogP contribution in [0.2, 0.25) is 0 Å². The highest BCUT2D eigenvalue weighted by molar-refractivity contribution is 6.01. The molecule has 3 heterocycles. The number of hydrogen-bond donors (Lipinski definition) is 0. The fourth-order valence-electron chi connectivity index (χ4n) is 4.17. The van der Waals surface area contributed by atoms with Gasteiger partial charge in [0.25, 0.3) is 0 Å². The highest BCUT2D eigenvalue weighted by Crippen LogP contribution is 2.36. The van der Waals surface area contributed by atoms with E-state index in [1.807, 2.05) is 32.9 Å². The maximum Gasteiger partial charge on any atom is 0.410 e. The standard InChI is InChI=1S/C24H31N5O5/c1-24(2,3)34-23(31)28-10-8-27(9-11-28)21-18-13-20(30)29(22(18)26-15-25-21)14-16-6-7-17(32-4)12-19(16)33-5/h6-7,12,15H,8-11,13-14H2,1-5H3. The van der Waals surface area contributed by atoms with E-state index in [1.54, 1.807) is 30.1 Å². The molecule has 2 aromatic rings. The van der Waals surface area contributed by atoms with Gasteiger partial charge in [0.15, 0.2) is 0 Å². The first-order valence-electron chi connectivity index (χ1n) is 11.3. The highest BCUT2D eigenvalue weighted by Gasteiger charge is 2.35. The lowest BCUT2D eigenvalue weighted by Crippen LogP contribution is -2.50. The van der Waals surface area contributed by atoms with Crippen LogP contribution in [0.15, 0.2) is 24.5 Å². The van der Waals surface area contributed by atoms with E-state index in [2.05, 4.69) is 14.9 Å². The quantitative estimate of drug-likeness (QED) is 0.659. The minimum atomic E-state index is -0.530. The van der Waals surface area contributed by atoms with Crippen LogP contribution in [-0.4, -0.2) is 72.9 Å². The zero-order valence-corrected chi connectivity index (χ0v) is 20.3. The first kappa shape index (κ1) is 23.6. The fourth-order valence-corrected chi connectivity index (χ4v) is 4.17. The molecule has 1 fully saturated rings. The van der Waals surface area contributed by atoms with Crippen molar-refractivity contribution in [3.63, 3.8) is 0 Å². The Labute approximate surface area is 199 Å². The Morgan fingerprint density at radius 2 is 1.74 bits per heavy atom. The molecule has 1 aromatic heterocycles. The van der Waals surface area contributed by atoms with Crippen LogP contribution in [0, 0.1) is 0 Å². The molecule has 1 saturated heterocycles. The number of piperazine rings is 1. The SMILES string of the molecule is COc1ccc(CN2C(=O)Cc3c(N4CCN(C(=O)OC(C)(C)C)CC4)ncnc32)c(OC)c1. The third kappa shape index (κ3) is 4.85. The number of methoxy groups -OCH3 is 2. The van der Waals surface area contributed by atoms with Crippen LogP contribution >= 0.6 is 0 Å². The van der Waals surface area contributed by atoms with Crippen molar-refractivity contribution < 1.29 is 23.8 Å². The van der Waals surface area contributed by atoms with E-state index in [4.69, 9.17) is 14.2 Å². The summed E-state index contributed by atoms with van der Waals surface area (Å²) in [5.41, 5.74) is 1.14. The van der Waals surface area contributed by atoms with Crippen molar-refractivity contribution >= 4 is 23.6 Å². The summed E-state index contributed by atoms with van der Waals surface area (Å²) in [6.45, 7) is 8.15. The summed E-state index contributed by atoms with van der Waals surface area (Å²) in [6.07, 6.45) is 1.41. The van der Waals surface area contributed by atoms with Gasteiger partial charge in [0.1, 0.15) is 35.1 Å². The summed E-state index contributed by atoms with van der Waals surface area (Å²) >= 11 is 0. The van der Waals surface area contributed by atoms with Crippen LogP contribution in [-0.2, 0) is 22.5 Å². The second-order valence-corrected chi connectivity index (χ2v) is 9.29. The minimum Gasteiger partial charge on any atom is -0.497 e.